The van der Waals surface area contributed by atoms with Crippen LogP contribution in [0.15, 0.2) is 9.05 Å². The zero-order chi connectivity index (χ0) is 19.9. The molecule has 18 nitrogen and oxygen atoms in total. The lowest BCUT2D eigenvalue weighted by atomic mass is 10.4. The molecular formula is C6F2N8O10. The lowest BCUT2D eigenvalue weighted by Gasteiger charge is -2.01. The Kier molecular flexibility index (Phi) is 3.95. The van der Waals surface area contributed by atoms with Crippen LogP contribution in [0.25, 0.3) is 11.6 Å². The molecule has 0 N–H and O–H groups in total. The van der Waals surface area contributed by atoms with Crippen molar-refractivity contribution in [3.05, 3.63) is 52.2 Å². The molecule has 0 aromatic carbocycles. The van der Waals surface area contributed by atoms with E-state index in [1.54, 1.807) is 0 Å². The standard InChI is InChI=1S/C6F2N8O10/c7-5(13(17)18,14(19)20)3-9-1(11-25-3)2-10-4(26-12-2)6(8,15(21)22)16(23)24. The van der Waals surface area contributed by atoms with Crippen LogP contribution in [0.5, 0.6) is 0 Å². The van der Waals surface area contributed by atoms with Crippen molar-refractivity contribution < 1.29 is 37.5 Å². The van der Waals surface area contributed by atoms with Crippen molar-refractivity contribution in [2.45, 2.75) is 11.8 Å². The first-order chi connectivity index (χ1) is 12.0. The Morgan fingerprint density at radius 3 is 1.19 bits per heavy atom. The molecule has 2 aromatic heterocycles. The van der Waals surface area contributed by atoms with Gasteiger partial charge >= 0.3 is 23.6 Å². The molecule has 0 aliphatic heterocycles. The van der Waals surface area contributed by atoms with Gasteiger partial charge in [-0.25, -0.2) is 0 Å². The van der Waals surface area contributed by atoms with E-state index in [-0.39, 0.29) is 0 Å². The third-order valence-corrected chi connectivity index (χ3v) is 2.56. The number of halogens is 2. The van der Waals surface area contributed by atoms with E-state index in [4.69, 9.17) is 0 Å². The van der Waals surface area contributed by atoms with E-state index in [0.717, 1.165) is 0 Å². The topological polar surface area (TPSA) is 250 Å². The van der Waals surface area contributed by atoms with E-state index in [1.807, 2.05) is 0 Å². The van der Waals surface area contributed by atoms with Crippen molar-refractivity contribution in [2.24, 2.45) is 0 Å². The molecule has 138 valence electrons. The minimum Gasteiger partial charge on any atom is -0.319 e. The first kappa shape index (κ1) is 18.1. The number of nitrogens with zero attached hydrogens (tertiary/aromatic N) is 8. The number of rotatable bonds is 7. The Morgan fingerprint density at radius 1 is 0.692 bits per heavy atom. The molecule has 20 heteroatoms. The zero-order valence-electron chi connectivity index (χ0n) is 11.4. The van der Waals surface area contributed by atoms with Gasteiger partial charge in [-0.15, -0.1) is 0 Å². The Balaban J connectivity index is 2.48. The molecule has 0 fully saturated rings. The van der Waals surface area contributed by atoms with Gasteiger partial charge in [0.25, 0.3) is 0 Å². The van der Waals surface area contributed by atoms with E-state index in [2.05, 4.69) is 29.3 Å². The summed E-state index contributed by atoms with van der Waals surface area (Å²) in [5, 5.41) is 47.7. The Hall–Kier alpha value is -4.26. The predicted molar refractivity (Wildman–Crippen MR) is 61.1 cm³/mol. The fourth-order valence-electron chi connectivity index (χ4n) is 1.33. The lowest BCUT2D eigenvalue weighted by Crippen LogP contribution is -2.39. The third-order valence-electron chi connectivity index (χ3n) is 2.56. The summed E-state index contributed by atoms with van der Waals surface area (Å²) in [6, 6.07) is 0. The van der Waals surface area contributed by atoms with Gasteiger partial charge in [0, 0.05) is 0 Å². The molecule has 0 bridgehead atoms. The fraction of sp³-hybridized carbons (Fsp3) is 0.333. The molecule has 0 atom stereocenters. The van der Waals surface area contributed by atoms with Crippen LogP contribution in [0.2, 0.25) is 0 Å². The van der Waals surface area contributed by atoms with Crippen LogP contribution in [-0.2, 0) is 11.8 Å². The second kappa shape index (κ2) is 5.67. The molecular weight excluding hydrogens is 382 g/mol. The molecule has 0 saturated heterocycles. The summed E-state index contributed by atoms with van der Waals surface area (Å²) in [5.74, 6) is -14.9. The smallest absolute Gasteiger partial charge is 0.319 e. The molecule has 0 radical (unpaired) electrons. The van der Waals surface area contributed by atoms with Crippen molar-refractivity contribution in [2.75, 3.05) is 0 Å². The maximum Gasteiger partial charge on any atom is 0.697 e. The van der Waals surface area contributed by atoms with E-state index in [0.29, 0.717) is 0 Å². The van der Waals surface area contributed by atoms with Crippen LogP contribution in [0.4, 0.5) is 8.78 Å². The second-order valence-corrected chi connectivity index (χ2v) is 4.05. The van der Waals surface area contributed by atoms with E-state index in [1.165, 1.54) is 0 Å². The van der Waals surface area contributed by atoms with Crippen molar-refractivity contribution >= 4 is 0 Å². The lowest BCUT2D eigenvalue weighted by molar-refractivity contribution is -0.849. The summed E-state index contributed by atoms with van der Waals surface area (Å²) in [6.07, 6.45) is 0. The minimum atomic E-state index is -4.55. The number of hydrogen-bond donors (Lipinski definition) is 0. The summed E-state index contributed by atoms with van der Waals surface area (Å²) in [7, 11) is 0. The van der Waals surface area contributed by atoms with Gasteiger partial charge in [0.2, 0.25) is 11.6 Å². The normalized spacial score (nSPS) is 11.9. The van der Waals surface area contributed by atoms with Crippen molar-refractivity contribution in [1.29, 1.82) is 0 Å². The van der Waals surface area contributed by atoms with Crippen LogP contribution >= 0.6 is 0 Å². The highest BCUT2D eigenvalue weighted by Gasteiger charge is 2.68. The highest BCUT2D eigenvalue weighted by Crippen LogP contribution is 2.30. The molecule has 2 aromatic rings. The Labute approximate surface area is 135 Å². The highest BCUT2D eigenvalue weighted by molar-refractivity contribution is 5.40. The van der Waals surface area contributed by atoms with Gasteiger partial charge in [0.05, 0.1) is 0 Å². The largest absolute Gasteiger partial charge is 0.697 e. The van der Waals surface area contributed by atoms with E-state index >= 15 is 0 Å². The van der Waals surface area contributed by atoms with E-state index in [9.17, 15) is 49.2 Å². The van der Waals surface area contributed by atoms with Gasteiger partial charge in [-0.2, -0.15) is 9.97 Å². The van der Waals surface area contributed by atoms with Crippen molar-refractivity contribution in [1.82, 2.24) is 20.3 Å². The first-order valence-electron chi connectivity index (χ1n) is 5.60. The van der Waals surface area contributed by atoms with Gasteiger partial charge in [0.1, 0.15) is 19.7 Å². The monoisotopic (exact) mass is 382 g/mol. The van der Waals surface area contributed by atoms with Crippen molar-refractivity contribution in [3.63, 3.8) is 0 Å². The Morgan fingerprint density at radius 2 is 0.962 bits per heavy atom. The van der Waals surface area contributed by atoms with Gasteiger partial charge in [-0.1, -0.05) is 19.1 Å². The average molecular weight is 382 g/mol. The number of nitro groups is 4. The molecule has 0 aliphatic rings. The molecule has 2 rings (SSSR count). The average Bonchev–Trinajstić information content (AvgIpc) is 3.21. The van der Waals surface area contributed by atoms with Gasteiger partial charge in [0.15, 0.2) is 0 Å². The summed E-state index contributed by atoms with van der Waals surface area (Å²) in [4.78, 5) is 39.8. The molecule has 2 heterocycles. The van der Waals surface area contributed by atoms with Crippen LogP contribution in [0.3, 0.4) is 0 Å². The third kappa shape index (κ3) is 2.40. The van der Waals surface area contributed by atoms with Crippen LogP contribution in [0.1, 0.15) is 11.8 Å². The molecule has 0 spiro atoms. The quantitative estimate of drug-likeness (QED) is 0.250. The molecule has 0 aliphatic carbocycles. The first-order valence-corrected chi connectivity index (χ1v) is 5.60. The number of hydrogen-bond acceptors (Lipinski definition) is 14. The number of alkyl halides is 2. The maximum absolute atomic E-state index is 13.8. The molecule has 0 unspecified atom stereocenters. The SMILES string of the molecule is O=[N+]([O-])C(F)(c1nc(-c2noc(C(F)([N+](=O)[O-])[N+](=O)[O-])n2)no1)[N+](=O)[O-]. The molecule has 0 amide bonds. The van der Waals surface area contributed by atoms with Crippen molar-refractivity contribution in [3.8, 4) is 11.6 Å². The van der Waals surface area contributed by atoms with Gasteiger partial charge < -0.3 is 9.05 Å². The molecule has 0 saturated carbocycles. The molecule has 26 heavy (non-hydrogen) atoms. The van der Waals surface area contributed by atoms with E-state index < -0.39 is 55.0 Å². The summed E-state index contributed by atoms with van der Waals surface area (Å²) in [6.45, 7) is 0. The summed E-state index contributed by atoms with van der Waals surface area (Å²) in [5.41, 5.74) is 0. The second-order valence-electron chi connectivity index (χ2n) is 4.05. The van der Waals surface area contributed by atoms with Gasteiger partial charge in [-0.05, 0) is 0 Å². The van der Waals surface area contributed by atoms with Crippen LogP contribution in [0, 0.1) is 40.5 Å². The van der Waals surface area contributed by atoms with Crippen LogP contribution < -0.4 is 0 Å². The predicted octanol–water partition coefficient (Wildman–Crippen LogP) is -0.614. The van der Waals surface area contributed by atoms with Gasteiger partial charge in [-0.3, -0.25) is 40.5 Å². The Bertz CT molecular complexity index is 820. The fourth-order valence-corrected chi connectivity index (χ4v) is 1.33. The summed E-state index contributed by atoms with van der Waals surface area (Å²) >= 11 is 0. The van der Waals surface area contributed by atoms with Crippen LogP contribution in [-0.4, -0.2) is 40.0 Å². The maximum atomic E-state index is 13.8. The number of aromatic nitrogens is 4. The summed E-state index contributed by atoms with van der Waals surface area (Å²) < 4.78 is 35.6. The zero-order valence-corrected chi connectivity index (χ0v) is 11.4. The minimum absolute atomic E-state index is 1.07. The highest BCUT2D eigenvalue weighted by atomic mass is 19.2.